The Morgan fingerprint density at radius 3 is 1.25 bits per heavy atom. The first-order chi connectivity index (χ1) is 1.41. The SMILES string of the molecule is P.[Br][Co][Br]. The molecule has 0 saturated heterocycles. The van der Waals surface area contributed by atoms with Crippen LogP contribution in [-0.2, 0) is 11.1 Å². The molecule has 0 bridgehead atoms. The van der Waals surface area contributed by atoms with Gasteiger partial charge in [0.2, 0.25) is 0 Å². The molecule has 0 aliphatic carbocycles. The Bertz CT molecular complexity index is 6.00. The molecule has 0 nitrogen and oxygen atoms in total. The standard InChI is InChI=1S/2BrH.Co.H3P/h2*1H;;1H3/q;;+2;/p-2. The number of hydrogen-bond donors (Lipinski definition) is 0. The molecular formula is H3Br2CoP. The fourth-order valence-electron chi connectivity index (χ4n) is 0. The number of hydrogen-bond acceptors (Lipinski definition) is 0. The zero-order valence-electron chi connectivity index (χ0n) is 1.80. The summed E-state index contributed by atoms with van der Waals surface area (Å²) in [5.41, 5.74) is 0. The van der Waals surface area contributed by atoms with Crippen molar-refractivity contribution < 1.29 is 11.1 Å². The van der Waals surface area contributed by atoms with Crippen LogP contribution in [0.5, 0.6) is 0 Å². The molecule has 0 fully saturated rings. The third kappa shape index (κ3) is 9.09. The Labute approximate surface area is 49.2 Å². The molecule has 0 saturated carbocycles. The zero-order valence-corrected chi connectivity index (χ0v) is 7.42. The van der Waals surface area contributed by atoms with Crippen molar-refractivity contribution in [1.29, 1.82) is 0 Å². The summed E-state index contributed by atoms with van der Waals surface area (Å²) in [7, 11) is 0. The second-order valence-corrected chi connectivity index (χ2v) is 5.30. The summed E-state index contributed by atoms with van der Waals surface area (Å²) in [5.74, 6) is 0. The predicted molar refractivity (Wildman–Crippen MR) is 29.0 cm³/mol. The van der Waals surface area contributed by atoms with Gasteiger partial charge in [0, 0.05) is 0 Å². The average Bonchev–Trinajstić information content (AvgIpc) is 0.918. The van der Waals surface area contributed by atoms with Crippen molar-refractivity contribution in [2.45, 2.75) is 0 Å². The summed E-state index contributed by atoms with van der Waals surface area (Å²) in [4.78, 5) is 0. The number of halogens is 2. The van der Waals surface area contributed by atoms with E-state index in [1.807, 2.05) is 0 Å². The second kappa shape index (κ2) is 8.86. The number of rotatable bonds is 0. The van der Waals surface area contributed by atoms with Gasteiger partial charge in [-0.15, -0.1) is 0 Å². The van der Waals surface area contributed by atoms with Gasteiger partial charge in [0.05, 0.1) is 0 Å². The minimum atomic E-state index is 0. The van der Waals surface area contributed by atoms with Crippen molar-refractivity contribution in [3.8, 4) is 0 Å². The second-order valence-electron chi connectivity index (χ2n) is 0.0476. The van der Waals surface area contributed by atoms with Crippen LogP contribution in [0, 0.1) is 0 Å². The molecule has 0 aliphatic heterocycles. The van der Waals surface area contributed by atoms with Gasteiger partial charge < -0.3 is 0 Å². The van der Waals surface area contributed by atoms with E-state index in [1.54, 1.807) is 0 Å². The fraction of sp³-hybridized carbons (Fsp3) is 0. The first-order valence-corrected chi connectivity index (χ1v) is 5.40. The Balaban J connectivity index is 0. The van der Waals surface area contributed by atoms with Gasteiger partial charge in [-0.1, -0.05) is 0 Å². The van der Waals surface area contributed by atoms with Gasteiger partial charge in [0.15, 0.2) is 0 Å². The third-order valence-corrected chi connectivity index (χ3v) is 0. The summed E-state index contributed by atoms with van der Waals surface area (Å²) in [6.07, 6.45) is 0. The molecule has 4 heavy (non-hydrogen) atoms. The van der Waals surface area contributed by atoms with E-state index in [0.717, 1.165) is 11.1 Å². The van der Waals surface area contributed by atoms with E-state index in [1.165, 1.54) is 0 Å². The van der Waals surface area contributed by atoms with Crippen molar-refractivity contribution >= 4 is 38.2 Å². The van der Waals surface area contributed by atoms with Gasteiger partial charge in [-0.05, 0) is 0 Å². The quantitative estimate of drug-likeness (QED) is 0.577. The maximum absolute atomic E-state index is 3.03. The van der Waals surface area contributed by atoms with Crippen LogP contribution in [0.15, 0.2) is 0 Å². The molecule has 0 rings (SSSR count). The molecule has 0 aromatic rings. The Morgan fingerprint density at radius 2 is 1.25 bits per heavy atom. The molecule has 4 heteroatoms. The monoisotopic (exact) mass is 251 g/mol. The van der Waals surface area contributed by atoms with Crippen molar-refractivity contribution in [2.75, 3.05) is 0 Å². The first-order valence-electron chi connectivity index (χ1n) is 0.252. The van der Waals surface area contributed by atoms with Crippen LogP contribution in [0.3, 0.4) is 0 Å². The van der Waals surface area contributed by atoms with Crippen LogP contribution in [0.4, 0.5) is 0 Å². The average molecular weight is 253 g/mol. The molecule has 0 aromatic carbocycles. The molecule has 1 unspecified atom stereocenters. The molecule has 0 heterocycles. The van der Waals surface area contributed by atoms with E-state index in [-0.39, 0.29) is 9.90 Å². The van der Waals surface area contributed by atoms with E-state index in [4.69, 9.17) is 0 Å². The fourth-order valence-corrected chi connectivity index (χ4v) is 0. The topological polar surface area (TPSA) is 0 Å². The van der Waals surface area contributed by atoms with Gasteiger partial charge in [-0.25, -0.2) is 0 Å². The van der Waals surface area contributed by atoms with Crippen molar-refractivity contribution in [2.24, 2.45) is 0 Å². The third-order valence-electron chi connectivity index (χ3n) is 0. The molecule has 0 N–H and O–H groups in total. The van der Waals surface area contributed by atoms with Crippen LogP contribution in [0.1, 0.15) is 0 Å². The van der Waals surface area contributed by atoms with Crippen molar-refractivity contribution in [3.63, 3.8) is 0 Å². The summed E-state index contributed by atoms with van der Waals surface area (Å²) in [6.45, 7) is 0. The maximum atomic E-state index is 3.03. The van der Waals surface area contributed by atoms with Crippen LogP contribution < -0.4 is 0 Å². The normalized spacial score (nSPS) is 5.50. The predicted octanol–water partition coefficient (Wildman–Crippen LogP) is 1.75. The van der Waals surface area contributed by atoms with Crippen LogP contribution in [-0.4, -0.2) is 0 Å². The molecular weight excluding hydrogens is 250 g/mol. The van der Waals surface area contributed by atoms with Crippen molar-refractivity contribution in [1.82, 2.24) is 0 Å². The van der Waals surface area contributed by atoms with Crippen molar-refractivity contribution in [3.05, 3.63) is 0 Å². The molecule has 0 amide bonds. The molecule has 0 radical (unpaired) electrons. The Hall–Kier alpha value is 1.90. The molecule has 0 aromatic heterocycles. The van der Waals surface area contributed by atoms with E-state index < -0.39 is 0 Å². The summed E-state index contributed by atoms with van der Waals surface area (Å²) in [5, 5.41) is 0. The van der Waals surface area contributed by atoms with Gasteiger partial charge in [0.25, 0.3) is 0 Å². The zero-order chi connectivity index (χ0) is 2.71. The van der Waals surface area contributed by atoms with E-state index in [2.05, 4.69) is 28.3 Å². The van der Waals surface area contributed by atoms with Gasteiger partial charge >= 0.3 is 39.5 Å². The first kappa shape index (κ1) is 9.31. The summed E-state index contributed by atoms with van der Waals surface area (Å²) < 4.78 is 0. The van der Waals surface area contributed by atoms with E-state index in [9.17, 15) is 0 Å². The molecule has 0 aliphatic rings. The summed E-state index contributed by atoms with van der Waals surface area (Å²) >= 11 is 7.12. The minimum absolute atomic E-state index is 0. The van der Waals surface area contributed by atoms with Crippen LogP contribution >= 0.6 is 38.2 Å². The van der Waals surface area contributed by atoms with Crippen LogP contribution in [0.25, 0.3) is 0 Å². The van der Waals surface area contributed by atoms with Gasteiger partial charge in [-0.2, -0.15) is 9.90 Å². The van der Waals surface area contributed by atoms with Gasteiger partial charge in [0.1, 0.15) is 0 Å². The molecule has 31 valence electrons. The summed E-state index contributed by atoms with van der Waals surface area (Å²) in [6, 6.07) is 0. The molecule has 0 spiro atoms. The Morgan fingerprint density at radius 1 is 1.25 bits per heavy atom. The van der Waals surface area contributed by atoms with Crippen LogP contribution in [0.2, 0.25) is 0 Å². The van der Waals surface area contributed by atoms with E-state index >= 15 is 0 Å². The van der Waals surface area contributed by atoms with E-state index in [0.29, 0.717) is 0 Å². The van der Waals surface area contributed by atoms with Gasteiger partial charge in [-0.3, -0.25) is 0 Å². The Kier molecular flexibility index (Phi) is 20.6. The molecule has 1 atom stereocenters.